The van der Waals surface area contributed by atoms with Gasteiger partial charge < -0.3 is 11.1 Å². The maximum absolute atomic E-state index is 12.5. The molecule has 25 heavy (non-hydrogen) atoms. The van der Waals surface area contributed by atoms with Gasteiger partial charge in [-0.15, -0.1) is 0 Å². The average molecular weight is 341 g/mol. The van der Waals surface area contributed by atoms with Gasteiger partial charge in [-0.05, 0) is 24.0 Å². The molecule has 1 aromatic carbocycles. The summed E-state index contributed by atoms with van der Waals surface area (Å²) in [5.41, 5.74) is 7.81. The number of aryl methyl sites for hydroxylation is 1. The maximum Gasteiger partial charge on any atom is 0.239 e. The van der Waals surface area contributed by atoms with Crippen molar-refractivity contribution in [2.75, 3.05) is 11.9 Å². The molecule has 2 amide bonds. The quantitative estimate of drug-likeness (QED) is 0.824. The first-order valence-corrected chi connectivity index (χ1v) is 8.50. The van der Waals surface area contributed by atoms with Crippen LogP contribution in [0.2, 0.25) is 0 Å². The first kappa shape index (κ1) is 17.2. The van der Waals surface area contributed by atoms with E-state index in [0.717, 1.165) is 24.1 Å². The van der Waals surface area contributed by atoms with Crippen LogP contribution in [0.3, 0.4) is 0 Å². The van der Waals surface area contributed by atoms with Crippen LogP contribution >= 0.6 is 0 Å². The highest BCUT2D eigenvalue weighted by Gasteiger charge is 2.31. The fourth-order valence-corrected chi connectivity index (χ4v) is 3.22. The zero-order chi connectivity index (χ0) is 17.8. The largest absolute Gasteiger partial charge is 0.368 e. The van der Waals surface area contributed by atoms with Crippen LogP contribution < -0.4 is 11.1 Å². The molecule has 0 fully saturated rings. The molecule has 2 aromatic rings. The lowest BCUT2D eigenvalue weighted by atomic mass is 9.93. The number of carbonyl (C=O) groups is 2. The van der Waals surface area contributed by atoms with E-state index in [1.807, 2.05) is 29.2 Å². The highest BCUT2D eigenvalue weighted by Crippen LogP contribution is 2.23. The molecule has 0 saturated heterocycles. The minimum Gasteiger partial charge on any atom is -0.368 e. The standard InChI is InChI=1S/C18H23N5O2/c1-2-9-23-16(7-8-20-23)21-17(24)12-22-11-14-6-4-3-5-13(14)10-15(22)18(19)25/h3-8,15H,2,9-12H2,1H3,(H2,19,25)(H,21,24)/t15-/m0/s1. The SMILES string of the molecule is CCCn1nccc1NC(=O)CN1Cc2ccccc2C[C@H]1C(N)=O. The predicted molar refractivity (Wildman–Crippen MR) is 94.7 cm³/mol. The molecule has 1 aliphatic heterocycles. The molecule has 0 bridgehead atoms. The molecule has 0 saturated carbocycles. The Bertz CT molecular complexity index is 770. The summed E-state index contributed by atoms with van der Waals surface area (Å²) in [4.78, 5) is 26.2. The van der Waals surface area contributed by atoms with E-state index in [-0.39, 0.29) is 12.5 Å². The number of nitrogens with zero attached hydrogens (tertiary/aromatic N) is 3. The van der Waals surface area contributed by atoms with Gasteiger partial charge in [0, 0.05) is 19.2 Å². The van der Waals surface area contributed by atoms with Gasteiger partial charge in [0.15, 0.2) is 0 Å². The zero-order valence-electron chi connectivity index (χ0n) is 14.3. The summed E-state index contributed by atoms with van der Waals surface area (Å²) >= 11 is 0. The summed E-state index contributed by atoms with van der Waals surface area (Å²) < 4.78 is 1.76. The van der Waals surface area contributed by atoms with E-state index in [2.05, 4.69) is 17.3 Å². The number of fused-ring (bicyclic) bond motifs is 1. The monoisotopic (exact) mass is 341 g/mol. The van der Waals surface area contributed by atoms with Crippen molar-refractivity contribution in [3.8, 4) is 0 Å². The van der Waals surface area contributed by atoms with E-state index in [1.54, 1.807) is 16.9 Å². The Hall–Kier alpha value is -2.67. The topological polar surface area (TPSA) is 93.2 Å². The van der Waals surface area contributed by atoms with Gasteiger partial charge in [0.25, 0.3) is 0 Å². The van der Waals surface area contributed by atoms with Crippen molar-refractivity contribution in [3.05, 3.63) is 47.7 Å². The fraction of sp³-hybridized carbons (Fsp3) is 0.389. The molecule has 7 nitrogen and oxygen atoms in total. The van der Waals surface area contributed by atoms with Crippen molar-refractivity contribution in [3.63, 3.8) is 0 Å². The molecule has 0 radical (unpaired) electrons. The number of aromatic nitrogens is 2. The van der Waals surface area contributed by atoms with Crippen LogP contribution in [0.25, 0.3) is 0 Å². The number of benzene rings is 1. The Labute approximate surface area is 146 Å². The average Bonchev–Trinajstić information content (AvgIpc) is 3.01. The first-order chi connectivity index (χ1) is 12.1. The summed E-state index contributed by atoms with van der Waals surface area (Å²) in [6, 6.07) is 9.24. The maximum atomic E-state index is 12.5. The number of carbonyl (C=O) groups excluding carboxylic acids is 2. The predicted octanol–water partition coefficient (Wildman–Crippen LogP) is 1.14. The van der Waals surface area contributed by atoms with Crippen molar-refractivity contribution in [2.45, 2.75) is 38.9 Å². The Morgan fingerprint density at radius 3 is 2.76 bits per heavy atom. The van der Waals surface area contributed by atoms with E-state index >= 15 is 0 Å². The molecule has 132 valence electrons. The number of anilines is 1. The van der Waals surface area contributed by atoms with E-state index in [1.165, 1.54) is 0 Å². The Morgan fingerprint density at radius 1 is 1.28 bits per heavy atom. The second-order valence-electron chi connectivity index (χ2n) is 6.28. The third-order valence-corrected chi connectivity index (χ3v) is 4.44. The van der Waals surface area contributed by atoms with Crippen molar-refractivity contribution in [1.29, 1.82) is 0 Å². The van der Waals surface area contributed by atoms with E-state index in [0.29, 0.717) is 18.8 Å². The van der Waals surface area contributed by atoms with Crippen LogP contribution in [-0.2, 0) is 29.1 Å². The van der Waals surface area contributed by atoms with E-state index < -0.39 is 11.9 Å². The van der Waals surface area contributed by atoms with Gasteiger partial charge in [0.1, 0.15) is 5.82 Å². The van der Waals surface area contributed by atoms with Crippen molar-refractivity contribution >= 4 is 17.6 Å². The molecule has 3 rings (SSSR count). The summed E-state index contributed by atoms with van der Waals surface area (Å²) in [5.74, 6) is 0.0849. The molecule has 3 N–H and O–H groups in total. The number of amides is 2. The van der Waals surface area contributed by atoms with Gasteiger partial charge in [-0.1, -0.05) is 31.2 Å². The van der Waals surface area contributed by atoms with E-state index in [9.17, 15) is 9.59 Å². The van der Waals surface area contributed by atoms with Crippen LogP contribution in [0.5, 0.6) is 0 Å². The van der Waals surface area contributed by atoms with Gasteiger partial charge >= 0.3 is 0 Å². The first-order valence-electron chi connectivity index (χ1n) is 8.50. The van der Waals surface area contributed by atoms with Crippen LogP contribution in [0.4, 0.5) is 5.82 Å². The van der Waals surface area contributed by atoms with Crippen LogP contribution in [0.15, 0.2) is 36.5 Å². The van der Waals surface area contributed by atoms with Gasteiger partial charge in [0.2, 0.25) is 11.8 Å². The second kappa shape index (κ2) is 7.48. The number of primary amides is 1. The van der Waals surface area contributed by atoms with Gasteiger partial charge in [-0.25, -0.2) is 4.68 Å². The lowest BCUT2D eigenvalue weighted by Crippen LogP contribution is -2.51. The molecule has 7 heteroatoms. The molecular formula is C18H23N5O2. The van der Waals surface area contributed by atoms with Crippen LogP contribution in [-0.4, -0.2) is 39.1 Å². The lowest BCUT2D eigenvalue weighted by molar-refractivity contribution is -0.125. The number of rotatable bonds is 6. The molecule has 1 atom stereocenters. The minimum absolute atomic E-state index is 0.110. The summed E-state index contributed by atoms with van der Waals surface area (Å²) in [6.45, 7) is 3.43. The number of hydrogen-bond acceptors (Lipinski definition) is 4. The van der Waals surface area contributed by atoms with Gasteiger partial charge in [0.05, 0.1) is 18.8 Å². The second-order valence-corrected chi connectivity index (χ2v) is 6.28. The molecule has 1 aliphatic rings. The number of hydrogen-bond donors (Lipinski definition) is 2. The van der Waals surface area contributed by atoms with Gasteiger partial charge in [-0.2, -0.15) is 5.10 Å². The van der Waals surface area contributed by atoms with E-state index in [4.69, 9.17) is 5.73 Å². The zero-order valence-corrected chi connectivity index (χ0v) is 14.3. The third kappa shape index (κ3) is 3.88. The summed E-state index contributed by atoms with van der Waals surface area (Å²) in [5, 5.41) is 7.07. The smallest absolute Gasteiger partial charge is 0.239 e. The van der Waals surface area contributed by atoms with Crippen molar-refractivity contribution in [1.82, 2.24) is 14.7 Å². The lowest BCUT2D eigenvalue weighted by Gasteiger charge is -2.34. The molecule has 0 aliphatic carbocycles. The Balaban J connectivity index is 1.71. The summed E-state index contributed by atoms with van der Waals surface area (Å²) in [7, 11) is 0. The van der Waals surface area contributed by atoms with Gasteiger partial charge in [-0.3, -0.25) is 14.5 Å². The Morgan fingerprint density at radius 2 is 2.04 bits per heavy atom. The van der Waals surface area contributed by atoms with Crippen LogP contribution in [0, 0.1) is 0 Å². The third-order valence-electron chi connectivity index (χ3n) is 4.44. The summed E-state index contributed by atoms with van der Waals surface area (Å²) in [6.07, 6.45) is 3.12. The number of nitrogens with two attached hydrogens (primary N) is 1. The molecular weight excluding hydrogens is 318 g/mol. The van der Waals surface area contributed by atoms with Crippen molar-refractivity contribution in [2.24, 2.45) is 5.73 Å². The Kier molecular flexibility index (Phi) is 5.14. The van der Waals surface area contributed by atoms with Crippen LogP contribution in [0.1, 0.15) is 24.5 Å². The fourth-order valence-electron chi connectivity index (χ4n) is 3.22. The highest BCUT2D eigenvalue weighted by atomic mass is 16.2. The number of nitrogens with one attached hydrogen (secondary N) is 1. The normalized spacial score (nSPS) is 17.1. The van der Waals surface area contributed by atoms with Crippen molar-refractivity contribution < 1.29 is 9.59 Å². The molecule has 0 spiro atoms. The molecule has 0 unspecified atom stereocenters. The molecule has 2 heterocycles. The highest BCUT2D eigenvalue weighted by molar-refractivity contribution is 5.92. The molecule has 1 aromatic heterocycles. The minimum atomic E-state index is -0.471.